The van der Waals surface area contributed by atoms with Crippen molar-refractivity contribution >= 4 is 0 Å². The fourth-order valence-corrected chi connectivity index (χ4v) is 1.85. The molecule has 0 aliphatic heterocycles. The van der Waals surface area contributed by atoms with Crippen LogP contribution in [0.15, 0.2) is 30.3 Å². The van der Waals surface area contributed by atoms with E-state index in [4.69, 9.17) is 5.73 Å². The first kappa shape index (κ1) is 11.8. The summed E-state index contributed by atoms with van der Waals surface area (Å²) in [5.74, 6) is -0.230. The molecule has 0 saturated heterocycles. The molecule has 1 heterocycles. The molecule has 1 unspecified atom stereocenters. The van der Waals surface area contributed by atoms with Gasteiger partial charge in [-0.3, -0.25) is 4.68 Å². The van der Waals surface area contributed by atoms with E-state index in [1.807, 2.05) is 20.0 Å². The van der Waals surface area contributed by atoms with Crippen LogP contribution in [0.5, 0.6) is 0 Å². The summed E-state index contributed by atoms with van der Waals surface area (Å²) in [5.41, 5.74) is 8.63. The molecule has 2 N–H and O–H groups in total. The zero-order valence-corrected chi connectivity index (χ0v) is 10.0. The summed E-state index contributed by atoms with van der Waals surface area (Å²) in [6.45, 7) is 1.95. The van der Waals surface area contributed by atoms with Gasteiger partial charge in [0.05, 0.1) is 11.4 Å². The van der Waals surface area contributed by atoms with E-state index in [9.17, 15) is 4.39 Å². The zero-order valence-electron chi connectivity index (χ0n) is 10.0. The van der Waals surface area contributed by atoms with Gasteiger partial charge in [0.2, 0.25) is 0 Å². The fourth-order valence-electron chi connectivity index (χ4n) is 1.85. The van der Waals surface area contributed by atoms with E-state index in [-0.39, 0.29) is 11.9 Å². The predicted octanol–water partition coefficient (Wildman–Crippen LogP) is 2.12. The van der Waals surface area contributed by atoms with Gasteiger partial charge in [0.15, 0.2) is 0 Å². The molecular formula is C13H16FN3. The number of rotatable bonds is 3. The Morgan fingerprint density at radius 3 is 2.59 bits per heavy atom. The Labute approximate surface area is 100 Å². The molecule has 2 rings (SSSR count). The maximum absolute atomic E-state index is 12.8. The van der Waals surface area contributed by atoms with E-state index in [0.29, 0.717) is 0 Å². The highest BCUT2D eigenvalue weighted by molar-refractivity contribution is 5.59. The van der Waals surface area contributed by atoms with Gasteiger partial charge in [-0.1, -0.05) is 0 Å². The summed E-state index contributed by atoms with van der Waals surface area (Å²) < 4.78 is 14.6. The molecule has 90 valence electrons. The van der Waals surface area contributed by atoms with Crippen molar-refractivity contribution in [3.63, 3.8) is 0 Å². The average Bonchev–Trinajstić information content (AvgIpc) is 2.59. The van der Waals surface area contributed by atoms with Crippen molar-refractivity contribution < 1.29 is 4.39 Å². The predicted molar refractivity (Wildman–Crippen MR) is 66.0 cm³/mol. The molecule has 17 heavy (non-hydrogen) atoms. The van der Waals surface area contributed by atoms with Crippen molar-refractivity contribution in [2.75, 3.05) is 0 Å². The lowest BCUT2D eigenvalue weighted by molar-refractivity contribution is 0.628. The highest BCUT2D eigenvalue weighted by Gasteiger charge is 2.08. The van der Waals surface area contributed by atoms with Gasteiger partial charge in [-0.2, -0.15) is 5.10 Å². The molecule has 0 spiro atoms. The number of aromatic nitrogens is 2. The van der Waals surface area contributed by atoms with Crippen LogP contribution in [0, 0.1) is 5.82 Å². The molecule has 0 aliphatic carbocycles. The fraction of sp³-hybridized carbons (Fsp3) is 0.308. The first-order chi connectivity index (χ1) is 8.06. The van der Waals surface area contributed by atoms with Gasteiger partial charge in [-0.15, -0.1) is 0 Å². The Balaban J connectivity index is 2.32. The highest BCUT2D eigenvalue weighted by atomic mass is 19.1. The molecule has 3 nitrogen and oxygen atoms in total. The van der Waals surface area contributed by atoms with Crippen LogP contribution in [0.25, 0.3) is 11.3 Å². The van der Waals surface area contributed by atoms with E-state index >= 15 is 0 Å². The van der Waals surface area contributed by atoms with Gasteiger partial charge in [-0.05, 0) is 42.8 Å². The maximum atomic E-state index is 12.8. The lowest BCUT2D eigenvalue weighted by Gasteiger charge is -2.00. The highest BCUT2D eigenvalue weighted by Crippen LogP contribution is 2.20. The molecule has 4 heteroatoms. The Morgan fingerprint density at radius 1 is 1.35 bits per heavy atom. The first-order valence-corrected chi connectivity index (χ1v) is 5.60. The first-order valence-electron chi connectivity index (χ1n) is 5.60. The second-order valence-electron chi connectivity index (χ2n) is 4.33. The lowest BCUT2D eigenvalue weighted by Crippen LogP contribution is -2.18. The standard InChI is InChI=1S/C13H16FN3/c1-9(15)7-12-8-13(17(2)16-12)10-3-5-11(14)6-4-10/h3-6,8-9H,7,15H2,1-2H3. The minimum atomic E-state index is -0.230. The van der Waals surface area contributed by atoms with Crippen LogP contribution < -0.4 is 5.73 Å². The molecule has 1 aromatic heterocycles. The molecule has 0 bridgehead atoms. The third-order valence-corrected chi connectivity index (χ3v) is 2.60. The monoisotopic (exact) mass is 233 g/mol. The topological polar surface area (TPSA) is 43.8 Å². The Kier molecular flexibility index (Phi) is 3.24. The molecule has 0 aliphatic rings. The van der Waals surface area contributed by atoms with Crippen LogP contribution in [0.3, 0.4) is 0 Å². The second-order valence-corrected chi connectivity index (χ2v) is 4.33. The van der Waals surface area contributed by atoms with Gasteiger partial charge in [-0.25, -0.2) is 4.39 Å². The third kappa shape index (κ3) is 2.71. The quantitative estimate of drug-likeness (QED) is 0.882. The van der Waals surface area contributed by atoms with Crippen molar-refractivity contribution in [2.45, 2.75) is 19.4 Å². The Bertz CT molecular complexity index is 500. The van der Waals surface area contributed by atoms with E-state index < -0.39 is 0 Å². The Morgan fingerprint density at radius 2 is 2.00 bits per heavy atom. The molecule has 0 amide bonds. The van der Waals surface area contributed by atoms with Crippen molar-refractivity contribution in [1.82, 2.24) is 9.78 Å². The molecule has 2 aromatic rings. The minimum Gasteiger partial charge on any atom is -0.328 e. The van der Waals surface area contributed by atoms with E-state index in [1.54, 1.807) is 16.8 Å². The molecular weight excluding hydrogens is 217 g/mol. The maximum Gasteiger partial charge on any atom is 0.123 e. The number of nitrogens with two attached hydrogens (primary N) is 1. The van der Waals surface area contributed by atoms with Crippen molar-refractivity contribution in [1.29, 1.82) is 0 Å². The smallest absolute Gasteiger partial charge is 0.123 e. The normalized spacial score (nSPS) is 12.7. The zero-order chi connectivity index (χ0) is 12.4. The van der Waals surface area contributed by atoms with Gasteiger partial charge in [0.25, 0.3) is 0 Å². The summed E-state index contributed by atoms with van der Waals surface area (Å²) in [6, 6.07) is 8.49. The van der Waals surface area contributed by atoms with Crippen LogP contribution >= 0.6 is 0 Å². The van der Waals surface area contributed by atoms with Crippen molar-refractivity contribution in [3.8, 4) is 11.3 Å². The number of halogens is 1. The summed E-state index contributed by atoms with van der Waals surface area (Å²) in [5, 5.41) is 4.39. The molecule has 0 fully saturated rings. The van der Waals surface area contributed by atoms with E-state index in [1.165, 1.54) is 12.1 Å². The lowest BCUT2D eigenvalue weighted by atomic mass is 10.1. The molecule has 0 radical (unpaired) electrons. The number of nitrogens with zero attached hydrogens (tertiary/aromatic N) is 2. The van der Waals surface area contributed by atoms with E-state index in [2.05, 4.69) is 5.10 Å². The largest absolute Gasteiger partial charge is 0.328 e. The summed E-state index contributed by atoms with van der Waals surface area (Å²) in [4.78, 5) is 0. The average molecular weight is 233 g/mol. The molecule has 1 atom stereocenters. The minimum absolute atomic E-state index is 0.0889. The van der Waals surface area contributed by atoms with Gasteiger partial charge in [0.1, 0.15) is 5.82 Å². The summed E-state index contributed by atoms with van der Waals surface area (Å²) >= 11 is 0. The Hall–Kier alpha value is -1.68. The SMILES string of the molecule is CC(N)Cc1cc(-c2ccc(F)cc2)n(C)n1. The van der Waals surface area contributed by atoms with Crippen LogP contribution in [-0.2, 0) is 13.5 Å². The van der Waals surface area contributed by atoms with Crippen molar-refractivity contribution in [3.05, 3.63) is 41.8 Å². The molecule has 1 aromatic carbocycles. The van der Waals surface area contributed by atoms with E-state index in [0.717, 1.165) is 23.4 Å². The third-order valence-electron chi connectivity index (χ3n) is 2.60. The number of hydrogen-bond acceptors (Lipinski definition) is 2. The van der Waals surface area contributed by atoms with Crippen LogP contribution in [0.4, 0.5) is 4.39 Å². The van der Waals surface area contributed by atoms with Gasteiger partial charge < -0.3 is 5.73 Å². The van der Waals surface area contributed by atoms with Gasteiger partial charge >= 0.3 is 0 Å². The van der Waals surface area contributed by atoms with Crippen molar-refractivity contribution in [2.24, 2.45) is 12.8 Å². The number of benzene rings is 1. The number of hydrogen-bond donors (Lipinski definition) is 1. The van der Waals surface area contributed by atoms with Crippen LogP contribution in [-0.4, -0.2) is 15.8 Å². The molecule has 0 saturated carbocycles. The number of aryl methyl sites for hydroxylation is 1. The summed E-state index contributed by atoms with van der Waals surface area (Å²) in [6.07, 6.45) is 0.745. The van der Waals surface area contributed by atoms with Gasteiger partial charge in [0, 0.05) is 19.5 Å². The van der Waals surface area contributed by atoms with Crippen LogP contribution in [0.2, 0.25) is 0 Å². The van der Waals surface area contributed by atoms with Crippen LogP contribution in [0.1, 0.15) is 12.6 Å². The summed E-state index contributed by atoms with van der Waals surface area (Å²) in [7, 11) is 1.88. The second kappa shape index (κ2) is 4.67.